The zero-order valence-corrected chi connectivity index (χ0v) is 10.4. The summed E-state index contributed by atoms with van der Waals surface area (Å²) in [6, 6.07) is 10.8. The van der Waals surface area contributed by atoms with E-state index in [0.29, 0.717) is 11.3 Å². The fourth-order valence-electron chi connectivity index (χ4n) is 1.60. The molecule has 92 valence electrons. The highest BCUT2D eigenvalue weighted by atomic mass is 16.2. The van der Waals surface area contributed by atoms with Gasteiger partial charge in [-0.15, -0.1) is 0 Å². The Morgan fingerprint density at radius 2 is 1.83 bits per heavy atom. The standard InChI is InChI=1S/C14H15N3O/c1-10-3-4-11(9-16-10)14(18)17(2)13-7-5-12(15)6-8-13/h3-9H,15H2,1-2H3. The molecule has 2 rings (SSSR count). The SMILES string of the molecule is Cc1ccc(C(=O)N(C)c2ccc(N)cc2)cn1. The van der Waals surface area contributed by atoms with E-state index in [1.54, 1.807) is 36.3 Å². The molecule has 4 nitrogen and oxygen atoms in total. The molecule has 0 spiro atoms. The van der Waals surface area contributed by atoms with Crippen molar-refractivity contribution in [2.24, 2.45) is 0 Å². The van der Waals surface area contributed by atoms with Gasteiger partial charge in [0.05, 0.1) is 5.56 Å². The van der Waals surface area contributed by atoms with Gasteiger partial charge in [0.25, 0.3) is 5.91 Å². The Morgan fingerprint density at radius 1 is 1.17 bits per heavy atom. The smallest absolute Gasteiger partial charge is 0.259 e. The van der Waals surface area contributed by atoms with Gasteiger partial charge < -0.3 is 10.6 Å². The van der Waals surface area contributed by atoms with Gasteiger partial charge in [0, 0.05) is 30.3 Å². The Balaban J connectivity index is 2.23. The Hall–Kier alpha value is -2.36. The van der Waals surface area contributed by atoms with Crippen molar-refractivity contribution < 1.29 is 4.79 Å². The van der Waals surface area contributed by atoms with Crippen molar-refractivity contribution >= 4 is 17.3 Å². The molecule has 0 aliphatic rings. The van der Waals surface area contributed by atoms with Crippen LogP contribution in [0.2, 0.25) is 0 Å². The molecule has 0 bridgehead atoms. The van der Waals surface area contributed by atoms with Crippen LogP contribution in [0.25, 0.3) is 0 Å². The van der Waals surface area contributed by atoms with Crippen LogP contribution in [0, 0.1) is 6.92 Å². The number of amides is 1. The number of nitrogens with two attached hydrogens (primary N) is 1. The maximum atomic E-state index is 12.2. The Labute approximate surface area is 106 Å². The Kier molecular flexibility index (Phi) is 3.28. The van der Waals surface area contributed by atoms with Crippen molar-refractivity contribution in [3.63, 3.8) is 0 Å². The first kappa shape index (κ1) is 12.1. The maximum absolute atomic E-state index is 12.2. The largest absolute Gasteiger partial charge is 0.399 e. The summed E-state index contributed by atoms with van der Waals surface area (Å²) in [5.41, 5.74) is 8.56. The first-order chi connectivity index (χ1) is 8.58. The van der Waals surface area contributed by atoms with Crippen LogP contribution in [0.4, 0.5) is 11.4 Å². The van der Waals surface area contributed by atoms with Crippen LogP contribution in [0.5, 0.6) is 0 Å². The number of nitrogen functional groups attached to an aromatic ring is 1. The average molecular weight is 241 g/mol. The molecule has 1 heterocycles. The highest BCUT2D eigenvalue weighted by molar-refractivity contribution is 6.05. The molecular weight excluding hydrogens is 226 g/mol. The van der Waals surface area contributed by atoms with Crippen LogP contribution in [0.15, 0.2) is 42.6 Å². The molecular formula is C14H15N3O. The van der Waals surface area contributed by atoms with E-state index in [-0.39, 0.29) is 5.91 Å². The molecule has 2 N–H and O–H groups in total. The van der Waals surface area contributed by atoms with Gasteiger partial charge in [-0.1, -0.05) is 0 Å². The third-order valence-corrected chi connectivity index (χ3v) is 2.74. The second-order valence-electron chi connectivity index (χ2n) is 4.14. The molecule has 0 fully saturated rings. The summed E-state index contributed by atoms with van der Waals surface area (Å²) in [5.74, 6) is -0.0905. The predicted molar refractivity (Wildman–Crippen MR) is 72.6 cm³/mol. The topological polar surface area (TPSA) is 59.2 Å². The highest BCUT2D eigenvalue weighted by Gasteiger charge is 2.13. The fourth-order valence-corrected chi connectivity index (χ4v) is 1.60. The van der Waals surface area contributed by atoms with E-state index in [1.807, 2.05) is 25.1 Å². The summed E-state index contributed by atoms with van der Waals surface area (Å²) in [5, 5.41) is 0. The lowest BCUT2D eigenvalue weighted by Crippen LogP contribution is -2.26. The molecule has 0 aliphatic carbocycles. The number of hydrogen-bond donors (Lipinski definition) is 1. The lowest BCUT2D eigenvalue weighted by molar-refractivity contribution is 0.0992. The van der Waals surface area contributed by atoms with E-state index in [2.05, 4.69) is 4.98 Å². The minimum Gasteiger partial charge on any atom is -0.399 e. The van der Waals surface area contributed by atoms with E-state index in [9.17, 15) is 4.79 Å². The first-order valence-electron chi connectivity index (χ1n) is 5.64. The molecule has 1 amide bonds. The molecule has 0 saturated carbocycles. The van der Waals surface area contributed by atoms with Gasteiger partial charge in [0.15, 0.2) is 0 Å². The van der Waals surface area contributed by atoms with Crippen LogP contribution in [0.1, 0.15) is 16.1 Å². The predicted octanol–water partition coefficient (Wildman–Crippen LogP) is 2.25. The Bertz CT molecular complexity index is 546. The molecule has 0 radical (unpaired) electrons. The Morgan fingerprint density at radius 3 is 2.39 bits per heavy atom. The van der Waals surface area contributed by atoms with Crippen LogP contribution in [-0.2, 0) is 0 Å². The van der Waals surface area contributed by atoms with Crippen molar-refractivity contribution in [3.8, 4) is 0 Å². The normalized spacial score (nSPS) is 10.1. The molecule has 0 atom stereocenters. The first-order valence-corrected chi connectivity index (χ1v) is 5.64. The van der Waals surface area contributed by atoms with Gasteiger partial charge in [0.2, 0.25) is 0 Å². The van der Waals surface area contributed by atoms with E-state index in [1.165, 1.54) is 0 Å². The lowest BCUT2D eigenvalue weighted by atomic mass is 10.2. The summed E-state index contributed by atoms with van der Waals surface area (Å²) < 4.78 is 0. The average Bonchev–Trinajstić information content (AvgIpc) is 2.39. The van der Waals surface area contributed by atoms with Crippen molar-refractivity contribution in [2.45, 2.75) is 6.92 Å². The molecule has 0 saturated heterocycles. The number of benzene rings is 1. The van der Waals surface area contributed by atoms with Gasteiger partial charge in [-0.05, 0) is 43.3 Å². The summed E-state index contributed by atoms with van der Waals surface area (Å²) in [4.78, 5) is 17.9. The van der Waals surface area contributed by atoms with Crippen LogP contribution >= 0.6 is 0 Å². The highest BCUT2D eigenvalue weighted by Crippen LogP contribution is 2.17. The quantitative estimate of drug-likeness (QED) is 0.820. The number of aromatic nitrogens is 1. The maximum Gasteiger partial charge on any atom is 0.259 e. The summed E-state index contributed by atoms with van der Waals surface area (Å²) in [6.45, 7) is 1.89. The number of carbonyl (C=O) groups is 1. The fraction of sp³-hybridized carbons (Fsp3) is 0.143. The summed E-state index contributed by atoms with van der Waals surface area (Å²) in [6.07, 6.45) is 1.59. The number of anilines is 2. The number of pyridine rings is 1. The zero-order valence-electron chi connectivity index (χ0n) is 10.4. The number of carbonyl (C=O) groups excluding carboxylic acids is 1. The zero-order chi connectivity index (χ0) is 13.1. The monoisotopic (exact) mass is 241 g/mol. The molecule has 2 aromatic rings. The number of aryl methyl sites for hydroxylation is 1. The van der Waals surface area contributed by atoms with E-state index >= 15 is 0 Å². The molecule has 4 heteroatoms. The van der Waals surface area contributed by atoms with Gasteiger partial charge in [-0.3, -0.25) is 9.78 Å². The lowest BCUT2D eigenvalue weighted by Gasteiger charge is -2.17. The van der Waals surface area contributed by atoms with Gasteiger partial charge in [-0.2, -0.15) is 0 Å². The molecule has 0 unspecified atom stereocenters. The van der Waals surface area contributed by atoms with Gasteiger partial charge in [0.1, 0.15) is 0 Å². The van der Waals surface area contributed by atoms with Crippen molar-refractivity contribution in [1.29, 1.82) is 0 Å². The van der Waals surface area contributed by atoms with E-state index < -0.39 is 0 Å². The number of rotatable bonds is 2. The molecule has 1 aromatic carbocycles. The molecule has 0 aliphatic heterocycles. The van der Waals surface area contributed by atoms with Crippen molar-refractivity contribution in [2.75, 3.05) is 17.7 Å². The van der Waals surface area contributed by atoms with Crippen LogP contribution in [0.3, 0.4) is 0 Å². The van der Waals surface area contributed by atoms with Gasteiger partial charge >= 0.3 is 0 Å². The summed E-state index contributed by atoms with van der Waals surface area (Å²) in [7, 11) is 1.73. The second-order valence-corrected chi connectivity index (χ2v) is 4.14. The van der Waals surface area contributed by atoms with Gasteiger partial charge in [-0.25, -0.2) is 0 Å². The van der Waals surface area contributed by atoms with E-state index in [4.69, 9.17) is 5.73 Å². The molecule has 1 aromatic heterocycles. The minimum absolute atomic E-state index is 0.0905. The third kappa shape index (κ3) is 2.48. The molecule has 18 heavy (non-hydrogen) atoms. The van der Waals surface area contributed by atoms with Crippen molar-refractivity contribution in [1.82, 2.24) is 4.98 Å². The summed E-state index contributed by atoms with van der Waals surface area (Å²) >= 11 is 0. The minimum atomic E-state index is -0.0905. The van der Waals surface area contributed by atoms with Crippen LogP contribution < -0.4 is 10.6 Å². The second kappa shape index (κ2) is 4.87. The third-order valence-electron chi connectivity index (χ3n) is 2.74. The number of hydrogen-bond acceptors (Lipinski definition) is 3. The van der Waals surface area contributed by atoms with E-state index in [0.717, 1.165) is 11.4 Å². The van der Waals surface area contributed by atoms with Crippen molar-refractivity contribution in [3.05, 3.63) is 53.9 Å². The van der Waals surface area contributed by atoms with Crippen LogP contribution in [-0.4, -0.2) is 17.9 Å². The number of nitrogens with zero attached hydrogens (tertiary/aromatic N) is 2.